The molecule has 2 unspecified atom stereocenters. The first-order chi connectivity index (χ1) is 9.40. The van der Waals surface area contributed by atoms with Gasteiger partial charge in [0.1, 0.15) is 0 Å². The van der Waals surface area contributed by atoms with Crippen LogP contribution in [0, 0.1) is 5.92 Å². The normalized spacial score (nSPS) is 21.0. The molecule has 19 heavy (non-hydrogen) atoms. The molecule has 2 atom stereocenters. The average Bonchev–Trinajstić information content (AvgIpc) is 3.10. The van der Waals surface area contributed by atoms with E-state index < -0.39 is 0 Å². The maximum absolute atomic E-state index is 5.60. The summed E-state index contributed by atoms with van der Waals surface area (Å²) in [6.45, 7) is 5.10. The summed E-state index contributed by atoms with van der Waals surface area (Å²) < 4.78 is 7.03. The summed E-state index contributed by atoms with van der Waals surface area (Å²) in [5, 5.41) is 7.29. The number of benzene rings is 1. The average molecular weight is 275 g/mol. The summed E-state index contributed by atoms with van der Waals surface area (Å²) in [5.41, 5.74) is 1.46. The summed E-state index contributed by atoms with van der Waals surface area (Å²) in [4.78, 5) is 0. The van der Waals surface area contributed by atoms with Crippen molar-refractivity contribution < 1.29 is 4.74 Å². The molecule has 1 aromatic carbocycles. The van der Waals surface area contributed by atoms with E-state index in [9.17, 15) is 0 Å². The van der Waals surface area contributed by atoms with E-state index >= 15 is 0 Å². The summed E-state index contributed by atoms with van der Waals surface area (Å²) in [7, 11) is 0. The topological polar surface area (TPSA) is 21.3 Å². The standard InChI is InChI=1S/C16H21NOS/c1-2-8-17-15(13-6-9-18-11-13)14-5-3-4-12-7-10-19-16(12)14/h3-5,7,10,13,15,17H,2,6,8-9,11H2,1H3. The van der Waals surface area contributed by atoms with Crippen LogP contribution in [-0.4, -0.2) is 19.8 Å². The molecule has 0 bridgehead atoms. The molecule has 102 valence electrons. The lowest BCUT2D eigenvalue weighted by Crippen LogP contribution is -2.29. The maximum Gasteiger partial charge on any atom is 0.0513 e. The first-order valence-electron chi connectivity index (χ1n) is 7.17. The van der Waals surface area contributed by atoms with Crippen molar-refractivity contribution in [2.24, 2.45) is 5.92 Å². The van der Waals surface area contributed by atoms with E-state index in [1.165, 1.54) is 28.5 Å². The van der Waals surface area contributed by atoms with Gasteiger partial charge in [0, 0.05) is 23.3 Å². The van der Waals surface area contributed by atoms with Gasteiger partial charge in [0.15, 0.2) is 0 Å². The fraction of sp³-hybridized carbons (Fsp3) is 0.500. The highest BCUT2D eigenvalue weighted by Gasteiger charge is 2.27. The largest absolute Gasteiger partial charge is 0.381 e. The van der Waals surface area contributed by atoms with Crippen molar-refractivity contribution in [3.8, 4) is 0 Å². The minimum atomic E-state index is 0.435. The number of thiophene rings is 1. The lowest BCUT2D eigenvalue weighted by Gasteiger charge is -2.25. The third-order valence-electron chi connectivity index (χ3n) is 3.90. The van der Waals surface area contributed by atoms with Crippen LogP contribution in [0.4, 0.5) is 0 Å². The fourth-order valence-electron chi connectivity index (χ4n) is 2.91. The second kappa shape index (κ2) is 6.04. The first-order valence-corrected chi connectivity index (χ1v) is 8.05. The van der Waals surface area contributed by atoms with E-state index in [1.807, 2.05) is 11.3 Å². The van der Waals surface area contributed by atoms with Crippen molar-refractivity contribution in [1.82, 2.24) is 5.32 Å². The molecular weight excluding hydrogens is 254 g/mol. The Bertz CT molecular complexity index is 530. The van der Waals surface area contributed by atoms with Crippen molar-refractivity contribution >= 4 is 21.4 Å². The van der Waals surface area contributed by atoms with Gasteiger partial charge < -0.3 is 10.1 Å². The highest BCUT2D eigenvalue weighted by atomic mass is 32.1. The van der Waals surface area contributed by atoms with Crippen LogP contribution >= 0.6 is 11.3 Å². The van der Waals surface area contributed by atoms with Gasteiger partial charge in [-0.3, -0.25) is 0 Å². The number of nitrogens with one attached hydrogen (secondary N) is 1. The Balaban J connectivity index is 1.95. The van der Waals surface area contributed by atoms with Gasteiger partial charge in [-0.05, 0) is 41.8 Å². The second-order valence-electron chi connectivity index (χ2n) is 5.24. The smallest absolute Gasteiger partial charge is 0.0513 e. The van der Waals surface area contributed by atoms with Crippen LogP contribution in [-0.2, 0) is 4.74 Å². The van der Waals surface area contributed by atoms with Crippen LogP contribution in [0.25, 0.3) is 10.1 Å². The second-order valence-corrected chi connectivity index (χ2v) is 6.16. The van der Waals surface area contributed by atoms with Crippen LogP contribution in [0.1, 0.15) is 31.4 Å². The molecule has 1 aliphatic heterocycles. The molecule has 0 radical (unpaired) electrons. The van der Waals surface area contributed by atoms with E-state index in [0.717, 1.165) is 19.8 Å². The van der Waals surface area contributed by atoms with Crippen LogP contribution in [0.15, 0.2) is 29.6 Å². The van der Waals surface area contributed by atoms with Crippen LogP contribution < -0.4 is 5.32 Å². The van der Waals surface area contributed by atoms with E-state index in [2.05, 4.69) is 41.9 Å². The lowest BCUT2D eigenvalue weighted by atomic mass is 9.91. The number of rotatable bonds is 5. The summed E-state index contributed by atoms with van der Waals surface area (Å²) >= 11 is 1.85. The minimum Gasteiger partial charge on any atom is -0.381 e. The van der Waals surface area contributed by atoms with Gasteiger partial charge in [-0.15, -0.1) is 11.3 Å². The molecule has 3 heteroatoms. The first kappa shape index (κ1) is 13.1. The third kappa shape index (κ3) is 2.69. The number of fused-ring (bicyclic) bond motifs is 1. The molecule has 1 N–H and O–H groups in total. The number of hydrogen-bond donors (Lipinski definition) is 1. The van der Waals surface area contributed by atoms with Crippen molar-refractivity contribution in [3.05, 3.63) is 35.2 Å². The van der Waals surface area contributed by atoms with Gasteiger partial charge >= 0.3 is 0 Å². The van der Waals surface area contributed by atoms with Crippen LogP contribution in [0.5, 0.6) is 0 Å². The van der Waals surface area contributed by atoms with E-state index in [4.69, 9.17) is 4.74 Å². The van der Waals surface area contributed by atoms with Crippen LogP contribution in [0.3, 0.4) is 0 Å². The lowest BCUT2D eigenvalue weighted by molar-refractivity contribution is 0.177. The Labute approximate surface area is 118 Å². The quantitative estimate of drug-likeness (QED) is 0.891. The van der Waals surface area contributed by atoms with Gasteiger partial charge in [0.25, 0.3) is 0 Å². The van der Waals surface area contributed by atoms with Gasteiger partial charge in [-0.2, -0.15) is 0 Å². The van der Waals surface area contributed by atoms with Crippen LogP contribution in [0.2, 0.25) is 0 Å². The predicted molar refractivity (Wildman–Crippen MR) is 81.8 cm³/mol. The summed E-state index contributed by atoms with van der Waals surface area (Å²) in [5.74, 6) is 0.610. The van der Waals surface area contributed by atoms with E-state index in [-0.39, 0.29) is 0 Å². The Morgan fingerprint density at radius 2 is 2.37 bits per heavy atom. The van der Waals surface area contributed by atoms with Gasteiger partial charge in [-0.1, -0.05) is 25.1 Å². The summed E-state index contributed by atoms with van der Waals surface area (Å²) in [6, 6.07) is 9.32. The Morgan fingerprint density at radius 1 is 1.42 bits per heavy atom. The minimum absolute atomic E-state index is 0.435. The zero-order valence-corrected chi connectivity index (χ0v) is 12.2. The monoisotopic (exact) mass is 275 g/mol. The van der Waals surface area contributed by atoms with E-state index in [0.29, 0.717) is 12.0 Å². The molecule has 1 aliphatic rings. The molecule has 1 saturated heterocycles. The number of ether oxygens (including phenoxy) is 1. The maximum atomic E-state index is 5.60. The molecule has 2 aromatic rings. The van der Waals surface area contributed by atoms with Gasteiger partial charge in [0.05, 0.1) is 6.61 Å². The van der Waals surface area contributed by atoms with Crippen molar-refractivity contribution in [2.75, 3.05) is 19.8 Å². The zero-order chi connectivity index (χ0) is 13.1. The SMILES string of the molecule is CCCNC(c1cccc2ccsc12)C1CCOC1. The van der Waals surface area contributed by atoms with E-state index in [1.54, 1.807) is 0 Å². The fourth-order valence-corrected chi connectivity index (χ4v) is 3.86. The predicted octanol–water partition coefficient (Wildman–Crippen LogP) is 3.98. The molecule has 3 rings (SSSR count). The molecular formula is C16H21NOS. The Kier molecular flexibility index (Phi) is 4.16. The van der Waals surface area contributed by atoms with Gasteiger partial charge in [0.2, 0.25) is 0 Å². The van der Waals surface area contributed by atoms with Crippen molar-refractivity contribution in [3.63, 3.8) is 0 Å². The molecule has 1 aromatic heterocycles. The summed E-state index contributed by atoms with van der Waals surface area (Å²) in [6.07, 6.45) is 2.34. The van der Waals surface area contributed by atoms with Crippen molar-refractivity contribution in [2.45, 2.75) is 25.8 Å². The highest BCUT2D eigenvalue weighted by molar-refractivity contribution is 7.17. The molecule has 1 fully saturated rings. The molecule has 2 nitrogen and oxygen atoms in total. The Hall–Kier alpha value is -0.900. The third-order valence-corrected chi connectivity index (χ3v) is 4.87. The van der Waals surface area contributed by atoms with Crippen molar-refractivity contribution in [1.29, 1.82) is 0 Å². The number of hydrogen-bond acceptors (Lipinski definition) is 3. The molecule has 2 heterocycles. The zero-order valence-electron chi connectivity index (χ0n) is 11.4. The highest BCUT2D eigenvalue weighted by Crippen LogP contribution is 2.35. The Morgan fingerprint density at radius 3 is 3.16 bits per heavy atom. The molecule has 0 aliphatic carbocycles. The molecule has 0 saturated carbocycles. The molecule has 0 amide bonds. The molecule has 0 spiro atoms. The van der Waals surface area contributed by atoms with Gasteiger partial charge in [-0.25, -0.2) is 0 Å².